The van der Waals surface area contributed by atoms with E-state index in [2.05, 4.69) is 26.1 Å². The van der Waals surface area contributed by atoms with Gasteiger partial charge >= 0.3 is 0 Å². The zero-order valence-corrected chi connectivity index (χ0v) is 12.7. The van der Waals surface area contributed by atoms with Crippen molar-refractivity contribution in [2.75, 3.05) is 36.8 Å². The molecular weight excluding hydrogens is 274 g/mol. The summed E-state index contributed by atoms with van der Waals surface area (Å²) in [5.74, 6) is 0.981. The van der Waals surface area contributed by atoms with Crippen molar-refractivity contribution in [3.8, 4) is 11.3 Å². The largest absolute Gasteiger partial charge is 0.399 e. The highest BCUT2D eigenvalue weighted by Gasteiger charge is 2.31. The van der Waals surface area contributed by atoms with E-state index >= 15 is 0 Å². The molecule has 0 radical (unpaired) electrons. The molecule has 0 amide bonds. The van der Waals surface area contributed by atoms with Crippen LogP contribution in [0.4, 0.5) is 11.5 Å². The third-order valence-electron chi connectivity index (χ3n) is 4.56. The standard InChI is InChI=1S/C17H21N5/c18-14-3-1-13(2-4-14)16-7-8-17(20-19-16)22-11-9-21(10-12-22)15-5-6-15/h1-4,7-8,15H,5-6,9-12,18H2. The van der Waals surface area contributed by atoms with E-state index in [9.17, 15) is 0 Å². The first kappa shape index (κ1) is 13.5. The maximum Gasteiger partial charge on any atom is 0.151 e. The molecule has 1 aliphatic heterocycles. The van der Waals surface area contributed by atoms with Gasteiger partial charge in [-0.05, 0) is 37.1 Å². The monoisotopic (exact) mass is 295 g/mol. The quantitative estimate of drug-likeness (QED) is 0.878. The van der Waals surface area contributed by atoms with E-state index in [0.717, 1.165) is 55.0 Å². The Labute approximate surface area is 130 Å². The van der Waals surface area contributed by atoms with Crippen LogP contribution in [0.15, 0.2) is 36.4 Å². The normalized spacial score (nSPS) is 19.4. The Balaban J connectivity index is 1.44. The molecule has 114 valence electrons. The summed E-state index contributed by atoms with van der Waals surface area (Å²) >= 11 is 0. The van der Waals surface area contributed by atoms with E-state index in [1.54, 1.807) is 0 Å². The van der Waals surface area contributed by atoms with Crippen LogP contribution in [0, 0.1) is 0 Å². The Morgan fingerprint density at radius 3 is 2.18 bits per heavy atom. The van der Waals surface area contributed by atoms with Gasteiger partial charge in [0.15, 0.2) is 5.82 Å². The lowest BCUT2D eigenvalue weighted by molar-refractivity contribution is 0.247. The fourth-order valence-corrected chi connectivity index (χ4v) is 3.06. The number of piperazine rings is 1. The fraction of sp³-hybridized carbons (Fsp3) is 0.412. The number of nitrogen functional groups attached to an aromatic ring is 1. The molecule has 1 aliphatic carbocycles. The number of hydrogen-bond donors (Lipinski definition) is 1. The summed E-state index contributed by atoms with van der Waals surface area (Å²) < 4.78 is 0. The highest BCUT2D eigenvalue weighted by atomic mass is 15.3. The summed E-state index contributed by atoms with van der Waals surface area (Å²) in [6, 6.07) is 12.7. The summed E-state index contributed by atoms with van der Waals surface area (Å²) in [4.78, 5) is 4.94. The minimum Gasteiger partial charge on any atom is -0.399 e. The van der Waals surface area contributed by atoms with Gasteiger partial charge in [0.1, 0.15) is 0 Å². The predicted octanol–water partition coefficient (Wildman–Crippen LogP) is 2.01. The second-order valence-corrected chi connectivity index (χ2v) is 6.15. The van der Waals surface area contributed by atoms with Crippen molar-refractivity contribution in [2.45, 2.75) is 18.9 Å². The summed E-state index contributed by atoms with van der Waals surface area (Å²) in [6.07, 6.45) is 2.77. The smallest absolute Gasteiger partial charge is 0.151 e. The van der Waals surface area contributed by atoms with Crippen LogP contribution in [0.25, 0.3) is 11.3 Å². The molecule has 1 saturated carbocycles. The highest BCUT2D eigenvalue weighted by molar-refractivity contribution is 5.62. The SMILES string of the molecule is Nc1ccc(-c2ccc(N3CCN(C4CC4)CC3)nn2)cc1. The van der Waals surface area contributed by atoms with Crippen LogP contribution >= 0.6 is 0 Å². The molecule has 2 fully saturated rings. The van der Waals surface area contributed by atoms with Crippen molar-refractivity contribution in [3.05, 3.63) is 36.4 Å². The predicted molar refractivity (Wildman–Crippen MR) is 88.7 cm³/mol. The molecule has 0 unspecified atom stereocenters. The van der Waals surface area contributed by atoms with Crippen LogP contribution < -0.4 is 10.6 Å². The molecule has 2 aromatic rings. The van der Waals surface area contributed by atoms with Crippen molar-refractivity contribution in [1.82, 2.24) is 15.1 Å². The van der Waals surface area contributed by atoms with Crippen molar-refractivity contribution in [1.29, 1.82) is 0 Å². The van der Waals surface area contributed by atoms with Gasteiger partial charge < -0.3 is 10.6 Å². The second-order valence-electron chi connectivity index (χ2n) is 6.15. The second kappa shape index (κ2) is 5.57. The van der Waals surface area contributed by atoms with Crippen LogP contribution in [-0.4, -0.2) is 47.3 Å². The first-order valence-corrected chi connectivity index (χ1v) is 7.98. The summed E-state index contributed by atoms with van der Waals surface area (Å²) in [6.45, 7) is 4.39. The first-order valence-electron chi connectivity index (χ1n) is 7.98. The number of nitrogens with zero attached hydrogens (tertiary/aromatic N) is 4. The lowest BCUT2D eigenvalue weighted by atomic mass is 10.1. The van der Waals surface area contributed by atoms with Crippen molar-refractivity contribution < 1.29 is 0 Å². The van der Waals surface area contributed by atoms with E-state index < -0.39 is 0 Å². The van der Waals surface area contributed by atoms with Crippen LogP contribution in [0.5, 0.6) is 0 Å². The van der Waals surface area contributed by atoms with Crippen molar-refractivity contribution in [2.24, 2.45) is 0 Å². The molecule has 1 aromatic heterocycles. The lowest BCUT2D eigenvalue weighted by Crippen LogP contribution is -2.47. The van der Waals surface area contributed by atoms with Gasteiger partial charge in [0, 0.05) is 43.5 Å². The number of hydrogen-bond acceptors (Lipinski definition) is 5. The molecule has 5 heteroatoms. The van der Waals surface area contributed by atoms with Gasteiger partial charge in [-0.1, -0.05) is 12.1 Å². The molecule has 2 heterocycles. The van der Waals surface area contributed by atoms with Gasteiger partial charge in [-0.25, -0.2) is 0 Å². The third-order valence-corrected chi connectivity index (χ3v) is 4.56. The molecule has 22 heavy (non-hydrogen) atoms. The fourth-order valence-electron chi connectivity index (χ4n) is 3.06. The molecule has 0 bridgehead atoms. The number of aromatic nitrogens is 2. The van der Waals surface area contributed by atoms with E-state index in [-0.39, 0.29) is 0 Å². The Bertz CT molecular complexity index is 625. The van der Waals surface area contributed by atoms with E-state index in [1.807, 2.05) is 30.3 Å². The summed E-state index contributed by atoms with van der Waals surface area (Å²) in [7, 11) is 0. The maximum atomic E-state index is 5.72. The molecule has 5 nitrogen and oxygen atoms in total. The molecule has 1 aromatic carbocycles. The van der Waals surface area contributed by atoms with Gasteiger partial charge in [0.05, 0.1) is 5.69 Å². The molecule has 4 rings (SSSR count). The zero-order chi connectivity index (χ0) is 14.9. The number of rotatable bonds is 3. The van der Waals surface area contributed by atoms with Crippen molar-refractivity contribution >= 4 is 11.5 Å². The van der Waals surface area contributed by atoms with Crippen LogP contribution in [0.1, 0.15) is 12.8 Å². The Hall–Kier alpha value is -2.14. The number of benzene rings is 1. The molecule has 1 saturated heterocycles. The maximum absolute atomic E-state index is 5.72. The summed E-state index contributed by atoms with van der Waals surface area (Å²) in [5, 5.41) is 8.79. The average Bonchev–Trinajstić information content (AvgIpc) is 3.41. The minimum absolute atomic E-state index is 0.766. The first-order chi connectivity index (χ1) is 10.8. The van der Waals surface area contributed by atoms with E-state index in [1.165, 1.54) is 12.8 Å². The van der Waals surface area contributed by atoms with Gasteiger partial charge in [-0.3, -0.25) is 4.90 Å². The third kappa shape index (κ3) is 2.76. The lowest BCUT2D eigenvalue weighted by Gasteiger charge is -2.35. The van der Waals surface area contributed by atoms with Gasteiger partial charge in [0.25, 0.3) is 0 Å². The summed E-state index contributed by atoms with van der Waals surface area (Å²) in [5.41, 5.74) is 8.42. The molecule has 2 N–H and O–H groups in total. The van der Waals surface area contributed by atoms with E-state index in [4.69, 9.17) is 5.73 Å². The molecule has 0 atom stereocenters. The topological polar surface area (TPSA) is 58.3 Å². The average molecular weight is 295 g/mol. The molecule has 2 aliphatic rings. The van der Waals surface area contributed by atoms with Gasteiger partial charge in [-0.2, -0.15) is 0 Å². The van der Waals surface area contributed by atoms with Crippen molar-refractivity contribution in [3.63, 3.8) is 0 Å². The van der Waals surface area contributed by atoms with Crippen LogP contribution in [0.2, 0.25) is 0 Å². The molecular formula is C17H21N5. The number of anilines is 2. The number of nitrogens with two attached hydrogens (primary N) is 1. The van der Waals surface area contributed by atoms with Crippen LogP contribution in [-0.2, 0) is 0 Å². The zero-order valence-electron chi connectivity index (χ0n) is 12.7. The minimum atomic E-state index is 0.766. The Morgan fingerprint density at radius 1 is 0.864 bits per heavy atom. The Morgan fingerprint density at radius 2 is 1.59 bits per heavy atom. The van der Waals surface area contributed by atoms with Gasteiger partial charge in [-0.15, -0.1) is 10.2 Å². The van der Waals surface area contributed by atoms with E-state index in [0.29, 0.717) is 0 Å². The molecule has 0 spiro atoms. The Kier molecular flexibility index (Phi) is 3.42. The highest BCUT2D eigenvalue weighted by Crippen LogP contribution is 2.28. The van der Waals surface area contributed by atoms with Crippen LogP contribution in [0.3, 0.4) is 0 Å². The van der Waals surface area contributed by atoms with Gasteiger partial charge in [0.2, 0.25) is 0 Å².